The van der Waals surface area contributed by atoms with Crippen LogP contribution in [0.5, 0.6) is 0 Å². The molecule has 2 bridgehead atoms. The summed E-state index contributed by atoms with van der Waals surface area (Å²) in [6.45, 7) is 2.27. The molecule has 0 saturated carbocycles. The first-order chi connectivity index (χ1) is 14.1. The van der Waals surface area contributed by atoms with Crippen LogP contribution in [0.1, 0.15) is 36.4 Å². The summed E-state index contributed by atoms with van der Waals surface area (Å²) in [5.41, 5.74) is 3.75. The van der Waals surface area contributed by atoms with E-state index in [4.69, 9.17) is 0 Å². The van der Waals surface area contributed by atoms with Crippen LogP contribution in [-0.2, 0) is 24.8 Å². The van der Waals surface area contributed by atoms with Gasteiger partial charge in [0.05, 0.1) is 0 Å². The number of hydrogen-bond donors (Lipinski definition) is 0. The Morgan fingerprint density at radius 1 is 1.07 bits per heavy atom. The van der Waals surface area contributed by atoms with E-state index in [1.807, 2.05) is 15.5 Å². The van der Waals surface area contributed by atoms with E-state index in [1.165, 1.54) is 16.5 Å². The van der Waals surface area contributed by atoms with Crippen molar-refractivity contribution in [2.45, 2.75) is 38.1 Å². The Kier molecular flexibility index (Phi) is 4.53. The SMILES string of the molecule is Cn1cc(CCCC(=O)N2CC3CC(C2)c2cccc(=O)n2C3)c2ccccc21. The zero-order chi connectivity index (χ0) is 20.0. The molecule has 2 unspecified atom stereocenters. The number of para-hydroxylation sites is 1. The van der Waals surface area contributed by atoms with E-state index >= 15 is 0 Å². The average molecular weight is 389 g/mol. The Morgan fingerprint density at radius 2 is 1.93 bits per heavy atom. The first kappa shape index (κ1) is 18.2. The molecule has 2 aliphatic rings. The second kappa shape index (κ2) is 7.21. The largest absolute Gasteiger partial charge is 0.350 e. The first-order valence-corrected chi connectivity index (χ1v) is 10.6. The predicted molar refractivity (Wildman–Crippen MR) is 114 cm³/mol. The van der Waals surface area contributed by atoms with Crippen molar-refractivity contribution >= 4 is 16.8 Å². The number of rotatable bonds is 4. The Bertz CT molecular complexity index is 1130. The molecule has 0 aliphatic carbocycles. The lowest BCUT2D eigenvalue weighted by Gasteiger charge is -2.42. The van der Waals surface area contributed by atoms with Gasteiger partial charge in [0.2, 0.25) is 5.91 Å². The van der Waals surface area contributed by atoms with Gasteiger partial charge in [0.1, 0.15) is 0 Å². The molecule has 2 aliphatic heterocycles. The molecule has 1 amide bonds. The highest BCUT2D eigenvalue weighted by Gasteiger charge is 2.35. The fourth-order valence-electron chi connectivity index (χ4n) is 5.31. The summed E-state index contributed by atoms with van der Waals surface area (Å²) in [4.78, 5) is 27.1. The Morgan fingerprint density at radius 3 is 2.83 bits per heavy atom. The van der Waals surface area contributed by atoms with Gasteiger partial charge < -0.3 is 14.0 Å². The van der Waals surface area contributed by atoms with E-state index in [0.29, 0.717) is 18.3 Å². The number of hydrogen-bond acceptors (Lipinski definition) is 2. The molecule has 1 saturated heterocycles. The maximum absolute atomic E-state index is 12.9. The standard InChI is InChI=1S/C24H27N3O2/c1-25-15-18(20-7-2-3-8-22(20)25)6-4-10-23(28)26-13-17-12-19(16-26)21-9-5-11-24(29)27(21)14-17/h2-3,5,7-9,11,15,17,19H,4,6,10,12-14,16H2,1H3. The van der Waals surface area contributed by atoms with Gasteiger partial charge in [-0.05, 0) is 42.9 Å². The number of fused-ring (bicyclic) bond motifs is 5. The van der Waals surface area contributed by atoms with Crippen LogP contribution in [0.2, 0.25) is 0 Å². The third-order valence-corrected chi connectivity index (χ3v) is 6.65. The molecule has 2 aromatic heterocycles. The maximum atomic E-state index is 12.9. The van der Waals surface area contributed by atoms with Crippen molar-refractivity contribution < 1.29 is 4.79 Å². The fraction of sp³-hybridized carbons (Fsp3) is 0.417. The molecular formula is C24H27N3O2. The van der Waals surface area contributed by atoms with Gasteiger partial charge in [-0.3, -0.25) is 9.59 Å². The van der Waals surface area contributed by atoms with Crippen molar-refractivity contribution in [3.05, 3.63) is 70.3 Å². The van der Waals surface area contributed by atoms with Crippen LogP contribution in [0, 0.1) is 5.92 Å². The molecule has 1 fully saturated rings. The number of amides is 1. The van der Waals surface area contributed by atoms with Gasteiger partial charge in [0.25, 0.3) is 5.56 Å². The lowest BCUT2D eigenvalue weighted by atomic mass is 9.83. The van der Waals surface area contributed by atoms with Crippen LogP contribution in [-0.4, -0.2) is 33.0 Å². The molecule has 4 heterocycles. The van der Waals surface area contributed by atoms with Crippen molar-refractivity contribution in [3.63, 3.8) is 0 Å². The smallest absolute Gasteiger partial charge is 0.250 e. The molecule has 1 aromatic carbocycles. The topological polar surface area (TPSA) is 47.2 Å². The first-order valence-electron chi connectivity index (χ1n) is 10.6. The number of likely N-dealkylation sites (tertiary alicyclic amines) is 1. The number of aryl methyl sites for hydroxylation is 2. The van der Waals surface area contributed by atoms with Crippen molar-refractivity contribution in [3.8, 4) is 0 Å². The van der Waals surface area contributed by atoms with Crippen molar-refractivity contribution in [1.82, 2.24) is 14.0 Å². The van der Waals surface area contributed by atoms with Gasteiger partial charge in [-0.2, -0.15) is 0 Å². The third kappa shape index (κ3) is 3.28. The molecule has 0 spiro atoms. The van der Waals surface area contributed by atoms with E-state index in [-0.39, 0.29) is 11.5 Å². The quantitative estimate of drug-likeness (QED) is 0.687. The summed E-state index contributed by atoms with van der Waals surface area (Å²) in [6.07, 6.45) is 5.66. The van der Waals surface area contributed by atoms with Gasteiger partial charge in [-0.1, -0.05) is 24.3 Å². The zero-order valence-electron chi connectivity index (χ0n) is 16.9. The third-order valence-electron chi connectivity index (χ3n) is 6.65. The highest BCUT2D eigenvalue weighted by molar-refractivity contribution is 5.84. The zero-order valence-corrected chi connectivity index (χ0v) is 16.9. The lowest BCUT2D eigenvalue weighted by molar-refractivity contribution is -0.134. The minimum Gasteiger partial charge on any atom is -0.350 e. The van der Waals surface area contributed by atoms with E-state index in [1.54, 1.807) is 6.07 Å². The number of carbonyl (C=O) groups is 1. The molecule has 150 valence electrons. The van der Waals surface area contributed by atoms with E-state index in [0.717, 1.165) is 44.6 Å². The van der Waals surface area contributed by atoms with Gasteiger partial charge in [-0.15, -0.1) is 0 Å². The number of carbonyl (C=O) groups excluding carboxylic acids is 1. The normalized spacial score (nSPS) is 20.7. The van der Waals surface area contributed by atoms with Crippen LogP contribution >= 0.6 is 0 Å². The van der Waals surface area contributed by atoms with Gasteiger partial charge >= 0.3 is 0 Å². The monoisotopic (exact) mass is 389 g/mol. The number of aromatic nitrogens is 2. The maximum Gasteiger partial charge on any atom is 0.250 e. The van der Waals surface area contributed by atoms with E-state index in [9.17, 15) is 9.59 Å². The van der Waals surface area contributed by atoms with Gasteiger partial charge in [-0.25, -0.2) is 0 Å². The molecule has 29 heavy (non-hydrogen) atoms. The Labute approximate surface area is 170 Å². The molecule has 0 radical (unpaired) electrons. The van der Waals surface area contributed by atoms with Crippen molar-refractivity contribution in [2.24, 2.45) is 13.0 Å². The second-order valence-electron chi connectivity index (χ2n) is 8.63. The summed E-state index contributed by atoms with van der Waals surface area (Å²) in [6, 6.07) is 14.0. The van der Waals surface area contributed by atoms with Crippen molar-refractivity contribution in [1.29, 1.82) is 0 Å². The average Bonchev–Trinajstić information content (AvgIpc) is 3.05. The number of nitrogens with zero attached hydrogens (tertiary/aromatic N) is 3. The summed E-state index contributed by atoms with van der Waals surface area (Å²) in [5, 5.41) is 1.29. The molecule has 5 heteroatoms. The molecular weight excluding hydrogens is 362 g/mol. The highest BCUT2D eigenvalue weighted by Crippen LogP contribution is 2.35. The predicted octanol–water partition coefficient (Wildman–Crippen LogP) is 3.31. The number of benzene rings is 1. The van der Waals surface area contributed by atoms with Crippen LogP contribution in [0.4, 0.5) is 0 Å². The fourth-order valence-corrected chi connectivity index (χ4v) is 5.31. The summed E-state index contributed by atoms with van der Waals surface area (Å²) in [7, 11) is 2.08. The highest BCUT2D eigenvalue weighted by atomic mass is 16.2. The van der Waals surface area contributed by atoms with E-state index in [2.05, 4.69) is 48.1 Å². The van der Waals surface area contributed by atoms with Crippen LogP contribution in [0.25, 0.3) is 10.9 Å². The number of pyridine rings is 1. The molecule has 5 nitrogen and oxygen atoms in total. The molecule has 5 rings (SSSR count). The minimum absolute atomic E-state index is 0.0899. The molecule has 0 N–H and O–H groups in total. The summed E-state index contributed by atoms with van der Waals surface area (Å²) < 4.78 is 4.08. The summed E-state index contributed by atoms with van der Waals surface area (Å²) in [5.74, 6) is 0.938. The molecule has 2 atom stereocenters. The second-order valence-corrected chi connectivity index (χ2v) is 8.63. The lowest BCUT2D eigenvalue weighted by Crippen LogP contribution is -2.49. The van der Waals surface area contributed by atoms with Crippen LogP contribution < -0.4 is 5.56 Å². The summed E-state index contributed by atoms with van der Waals surface area (Å²) >= 11 is 0. The van der Waals surface area contributed by atoms with E-state index < -0.39 is 0 Å². The van der Waals surface area contributed by atoms with Gasteiger partial charge in [0, 0.05) is 67.9 Å². The minimum atomic E-state index is 0.0899. The van der Waals surface area contributed by atoms with Gasteiger partial charge in [0.15, 0.2) is 0 Å². The van der Waals surface area contributed by atoms with Crippen LogP contribution in [0.3, 0.4) is 0 Å². The van der Waals surface area contributed by atoms with Crippen molar-refractivity contribution in [2.75, 3.05) is 13.1 Å². The Hall–Kier alpha value is -2.82. The Balaban J connectivity index is 1.24. The van der Waals surface area contributed by atoms with Crippen LogP contribution in [0.15, 0.2) is 53.5 Å². The number of piperidine rings is 1. The molecule has 3 aromatic rings.